The zero-order chi connectivity index (χ0) is 18.5. The van der Waals surface area contributed by atoms with Gasteiger partial charge in [0.05, 0.1) is 11.4 Å². The highest BCUT2D eigenvalue weighted by atomic mass is 32.1. The van der Waals surface area contributed by atoms with E-state index in [0.29, 0.717) is 31.2 Å². The molecule has 7 heteroatoms. The van der Waals surface area contributed by atoms with E-state index in [1.807, 2.05) is 38.1 Å². The first-order chi connectivity index (χ1) is 12.6. The molecule has 1 aromatic carbocycles. The number of nitrogens with zero attached hydrogens (tertiary/aromatic N) is 1. The molecule has 26 heavy (non-hydrogen) atoms. The lowest BCUT2D eigenvalue weighted by atomic mass is 10.1. The van der Waals surface area contributed by atoms with E-state index in [-0.39, 0.29) is 18.4 Å². The van der Waals surface area contributed by atoms with Crippen LogP contribution in [0.3, 0.4) is 0 Å². The molecule has 0 saturated heterocycles. The molecule has 1 N–H and O–H groups in total. The van der Waals surface area contributed by atoms with E-state index in [4.69, 9.17) is 9.47 Å². The van der Waals surface area contributed by atoms with Gasteiger partial charge in [-0.15, -0.1) is 11.3 Å². The van der Waals surface area contributed by atoms with Crippen LogP contribution in [0.5, 0.6) is 11.5 Å². The third-order valence-electron chi connectivity index (χ3n) is 4.17. The second kappa shape index (κ2) is 8.23. The van der Waals surface area contributed by atoms with Crippen LogP contribution in [0.4, 0.5) is 0 Å². The molecule has 2 heterocycles. The molecule has 0 atom stereocenters. The molecule has 1 aromatic heterocycles. The molecule has 1 aliphatic rings. The van der Waals surface area contributed by atoms with Crippen LogP contribution >= 0.6 is 11.3 Å². The fourth-order valence-corrected chi connectivity index (χ4v) is 3.66. The molecule has 3 rings (SSSR count). The van der Waals surface area contributed by atoms with Crippen molar-refractivity contribution in [3.63, 3.8) is 0 Å². The van der Waals surface area contributed by atoms with Crippen molar-refractivity contribution in [1.82, 2.24) is 10.2 Å². The first-order valence-corrected chi connectivity index (χ1v) is 9.49. The third kappa shape index (κ3) is 3.99. The molecular formula is C19H22N2O4S. The van der Waals surface area contributed by atoms with Gasteiger partial charge in [-0.2, -0.15) is 0 Å². The van der Waals surface area contributed by atoms with Crippen LogP contribution in [-0.4, -0.2) is 49.6 Å². The zero-order valence-electron chi connectivity index (χ0n) is 14.9. The SMILES string of the molecule is CCN(CC)C(=O)CNC(=O)c1ccc(-c2ccc3c(c2)OCCO3)s1. The summed E-state index contributed by atoms with van der Waals surface area (Å²) in [4.78, 5) is 27.5. The molecule has 0 radical (unpaired) electrons. The fraction of sp³-hybridized carbons (Fsp3) is 0.368. The Morgan fingerprint density at radius 1 is 1.08 bits per heavy atom. The van der Waals surface area contributed by atoms with Gasteiger partial charge in [0.25, 0.3) is 5.91 Å². The van der Waals surface area contributed by atoms with Gasteiger partial charge in [-0.05, 0) is 49.7 Å². The van der Waals surface area contributed by atoms with E-state index in [1.165, 1.54) is 11.3 Å². The van der Waals surface area contributed by atoms with E-state index in [1.54, 1.807) is 11.0 Å². The lowest BCUT2D eigenvalue weighted by Gasteiger charge is -2.18. The average Bonchev–Trinajstić information content (AvgIpc) is 3.17. The van der Waals surface area contributed by atoms with Crippen molar-refractivity contribution in [3.05, 3.63) is 35.2 Å². The van der Waals surface area contributed by atoms with Gasteiger partial charge in [-0.25, -0.2) is 0 Å². The highest BCUT2D eigenvalue weighted by Gasteiger charge is 2.16. The topological polar surface area (TPSA) is 67.9 Å². The standard InChI is InChI=1S/C19H22N2O4S/c1-3-21(4-2)18(22)12-20-19(23)17-8-7-16(26-17)13-5-6-14-15(11-13)25-10-9-24-14/h5-8,11H,3-4,9-10,12H2,1-2H3,(H,20,23). The van der Waals surface area contributed by atoms with Crippen LogP contribution in [0.1, 0.15) is 23.5 Å². The Hall–Kier alpha value is -2.54. The maximum atomic E-state index is 12.3. The van der Waals surface area contributed by atoms with Crippen LogP contribution in [-0.2, 0) is 4.79 Å². The highest BCUT2D eigenvalue weighted by Crippen LogP contribution is 2.36. The van der Waals surface area contributed by atoms with Crippen molar-refractivity contribution < 1.29 is 19.1 Å². The first kappa shape index (κ1) is 18.3. The van der Waals surface area contributed by atoms with E-state index in [0.717, 1.165) is 21.9 Å². The van der Waals surface area contributed by atoms with Gasteiger partial charge in [0.1, 0.15) is 13.2 Å². The number of carbonyl (C=O) groups excluding carboxylic acids is 2. The summed E-state index contributed by atoms with van der Waals surface area (Å²) in [5, 5.41) is 2.70. The van der Waals surface area contributed by atoms with Gasteiger partial charge in [-0.1, -0.05) is 0 Å². The van der Waals surface area contributed by atoms with Gasteiger partial charge in [0.15, 0.2) is 11.5 Å². The maximum Gasteiger partial charge on any atom is 0.261 e. The zero-order valence-corrected chi connectivity index (χ0v) is 15.7. The van der Waals surface area contributed by atoms with Crippen molar-refractivity contribution in [2.24, 2.45) is 0 Å². The summed E-state index contributed by atoms with van der Waals surface area (Å²) in [5.41, 5.74) is 0.970. The molecule has 6 nitrogen and oxygen atoms in total. The number of ether oxygens (including phenoxy) is 2. The van der Waals surface area contributed by atoms with E-state index < -0.39 is 0 Å². The third-order valence-corrected chi connectivity index (χ3v) is 5.31. The predicted octanol–water partition coefficient (Wildman–Crippen LogP) is 2.78. The molecule has 0 spiro atoms. The summed E-state index contributed by atoms with van der Waals surface area (Å²) in [6.07, 6.45) is 0. The minimum Gasteiger partial charge on any atom is -0.486 e. The Balaban J connectivity index is 1.66. The first-order valence-electron chi connectivity index (χ1n) is 8.68. The van der Waals surface area contributed by atoms with Crippen LogP contribution < -0.4 is 14.8 Å². The van der Waals surface area contributed by atoms with E-state index in [2.05, 4.69) is 5.32 Å². The summed E-state index contributed by atoms with van der Waals surface area (Å²) in [6.45, 7) is 6.22. The van der Waals surface area contributed by atoms with Gasteiger partial charge in [0.2, 0.25) is 5.91 Å². The number of carbonyl (C=O) groups is 2. The molecule has 2 aromatic rings. The second-order valence-electron chi connectivity index (χ2n) is 5.77. The highest BCUT2D eigenvalue weighted by molar-refractivity contribution is 7.17. The van der Waals surface area contributed by atoms with Crippen molar-refractivity contribution in [2.75, 3.05) is 32.8 Å². The summed E-state index contributed by atoms with van der Waals surface area (Å²) >= 11 is 1.38. The summed E-state index contributed by atoms with van der Waals surface area (Å²) in [6, 6.07) is 9.42. The minimum atomic E-state index is -0.237. The number of hydrogen-bond donors (Lipinski definition) is 1. The molecular weight excluding hydrogens is 352 g/mol. The maximum absolute atomic E-state index is 12.3. The van der Waals surface area contributed by atoms with E-state index in [9.17, 15) is 9.59 Å². The Morgan fingerprint density at radius 3 is 2.54 bits per heavy atom. The summed E-state index contributed by atoms with van der Waals surface area (Å²) in [7, 11) is 0. The Morgan fingerprint density at radius 2 is 1.81 bits per heavy atom. The molecule has 0 bridgehead atoms. The van der Waals surface area contributed by atoms with Crippen LogP contribution in [0, 0.1) is 0 Å². The van der Waals surface area contributed by atoms with Gasteiger partial charge in [0, 0.05) is 18.0 Å². The smallest absolute Gasteiger partial charge is 0.261 e. The molecule has 0 saturated carbocycles. The quantitative estimate of drug-likeness (QED) is 0.844. The minimum absolute atomic E-state index is 0.0117. The molecule has 0 aliphatic carbocycles. The lowest BCUT2D eigenvalue weighted by Crippen LogP contribution is -2.39. The molecule has 138 valence electrons. The molecule has 0 fully saturated rings. The largest absolute Gasteiger partial charge is 0.486 e. The Kier molecular flexibility index (Phi) is 5.78. The van der Waals surface area contributed by atoms with Gasteiger partial charge in [-0.3, -0.25) is 9.59 Å². The molecule has 1 aliphatic heterocycles. The normalized spacial score (nSPS) is 12.5. The number of benzene rings is 1. The number of thiophene rings is 1. The van der Waals surface area contributed by atoms with Gasteiger partial charge >= 0.3 is 0 Å². The fourth-order valence-electron chi connectivity index (χ4n) is 2.74. The lowest BCUT2D eigenvalue weighted by molar-refractivity contribution is -0.129. The van der Waals surface area contributed by atoms with Crippen molar-refractivity contribution in [1.29, 1.82) is 0 Å². The van der Waals surface area contributed by atoms with Crippen molar-refractivity contribution >= 4 is 23.2 Å². The number of fused-ring (bicyclic) bond motifs is 1. The van der Waals surface area contributed by atoms with Crippen molar-refractivity contribution in [3.8, 4) is 21.9 Å². The Labute approximate surface area is 156 Å². The predicted molar refractivity (Wildman–Crippen MR) is 101 cm³/mol. The average molecular weight is 374 g/mol. The summed E-state index contributed by atoms with van der Waals surface area (Å²) < 4.78 is 11.1. The number of rotatable bonds is 6. The van der Waals surface area contributed by atoms with Crippen LogP contribution in [0.25, 0.3) is 10.4 Å². The van der Waals surface area contributed by atoms with Crippen molar-refractivity contribution in [2.45, 2.75) is 13.8 Å². The van der Waals surface area contributed by atoms with E-state index >= 15 is 0 Å². The number of likely N-dealkylation sites (N-methyl/N-ethyl adjacent to an activating group) is 1. The second-order valence-corrected chi connectivity index (χ2v) is 6.85. The van der Waals surface area contributed by atoms with Gasteiger partial charge < -0.3 is 19.7 Å². The molecule has 0 unspecified atom stereocenters. The number of hydrogen-bond acceptors (Lipinski definition) is 5. The number of amides is 2. The Bertz CT molecular complexity index is 799. The van der Waals surface area contributed by atoms with Crippen LogP contribution in [0.15, 0.2) is 30.3 Å². The molecule has 2 amide bonds. The number of nitrogens with one attached hydrogen (secondary N) is 1. The monoisotopic (exact) mass is 374 g/mol. The van der Waals surface area contributed by atoms with Crippen LogP contribution in [0.2, 0.25) is 0 Å². The summed E-state index contributed by atoms with van der Waals surface area (Å²) in [5.74, 6) is 1.15.